The molecule has 1 aromatic rings. The number of aromatic nitrogens is 2. The van der Waals surface area contributed by atoms with Crippen LogP contribution < -0.4 is 4.72 Å². The van der Waals surface area contributed by atoms with Crippen LogP contribution in [-0.2, 0) is 10.0 Å². The first-order chi connectivity index (χ1) is 5.06. The van der Waals surface area contributed by atoms with Crippen LogP contribution in [-0.4, -0.2) is 25.4 Å². The van der Waals surface area contributed by atoms with Gasteiger partial charge in [-0.1, -0.05) is 0 Å². The largest absolute Gasteiger partial charge is 0.334 e. The van der Waals surface area contributed by atoms with Crippen molar-refractivity contribution < 1.29 is 8.42 Å². The molecule has 0 aliphatic rings. The molecule has 1 aromatic heterocycles. The van der Waals surface area contributed by atoms with E-state index in [9.17, 15) is 8.42 Å². The molecular weight excluding hydrogens is 166 g/mol. The lowest BCUT2D eigenvalue weighted by Crippen LogP contribution is -2.19. The van der Waals surface area contributed by atoms with Crippen LogP contribution in [0.1, 0.15) is 5.69 Å². The Bertz CT molecular complexity index is 340. The number of rotatable bonds is 2. The van der Waals surface area contributed by atoms with E-state index in [1.165, 1.54) is 13.2 Å². The van der Waals surface area contributed by atoms with Crippen LogP contribution in [0.2, 0.25) is 0 Å². The molecule has 1 rings (SSSR count). The smallest absolute Gasteiger partial charge is 0.274 e. The monoisotopic (exact) mass is 175 g/mol. The molecule has 0 radical (unpaired) electrons. The number of aromatic amines is 1. The molecule has 11 heavy (non-hydrogen) atoms. The van der Waals surface area contributed by atoms with Crippen LogP contribution in [0.4, 0.5) is 0 Å². The molecule has 0 fully saturated rings. The normalized spacial score (nSPS) is 11.8. The Hall–Kier alpha value is -0.880. The summed E-state index contributed by atoms with van der Waals surface area (Å²) in [4.78, 5) is 6.28. The molecule has 0 unspecified atom stereocenters. The molecule has 1 heterocycles. The molecule has 5 nitrogen and oxygen atoms in total. The quantitative estimate of drug-likeness (QED) is 0.643. The molecule has 0 amide bonds. The van der Waals surface area contributed by atoms with Gasteiger partial charge in [-0.05, 0) is 14.0 Å². The summed E-state index contributed by atoms with van der Waals surface area (Å²) < 4.78 is 24.2. The third-order valence-corrected chi connectivity index (χ3v) is 2.46. The lowest BCUT2D eigenvalue weighted by atomic mass is 10.6. The zero-order chi connectivity index (χ0) is 8.48. The highest BCUT2D eigenvalue weighted by atomic mass is 32.2. The van der Waals surface area contributed by atoms with Gasteiger partial charge in [-0.2, -0.15) is 0 Å². The van der Waals surface area contributed by atoms with E-state index in [4.69, 9.17) is 0 Å². The first-order valence-corrected chi connectivity index (χ1v) is 4.50. The molecule has 2 N–H and O–H groups in total. The van der Waals surface area contributed by atoms with Gasteiger partial charge in [0.2, 0.25) is 5.16 Å². The molecule has 0 atom stereocenters. The Morgan fingerprint density at radius 3 is 2.64 bits per heavy atom. The van der Waals surface area contributed by atoms with Crippen LogP contribution in [0.25, 0.3) is 0 Å². The summed E-state index contributed by atoms with van der Waals surface area (Å²) >= 11 is 0. The van der Waals surface area contributed by atoms with Gasteiger partial charge in [-0.3, -0.25) is 0 Å². The fourth-order valence-corrected chi connectivity index (χ4v) is 1.30. The Morgan fingerprint density at radius 2 is 2.27 bits per heavy atom. The minimum Gasteiger partial charge on any atom is -0.334 e. The van der Waals surface area contributed by atoms with Crippen molar-refractivity contribution in [2.24, 2.45) is 0 Å². The minimum absolute atomic E-state index is 0.0440. The number of sulfonamides is 1. The molecule has 0 aliphatic carbocycles. The van der Waals surface area contributed by atoms with Crippen molar-refractivity contribution in [2.75, 3.05) is 7.05 Å². The standard InChI is InChI=1S/C5H9N3O2S/c1-4-3-7-5(8-4)11(9,10)6-2/h3,6H,1-2H3,(H,7,8). The van der Waals surface area contributed by atoms with Crippen molar-refractivity contribution in [2.45, 2.75) is 12.1 Å². The molecule has 62 valence electrons. The molecule has 0 aromatic carbocycles. The van der Waals surface area contributed by atoms with Crippen LogP contribution in [0, 0.1) is 6.92 Å². The van der Waals surface area contributed by atoms with Crippen molar-refractivity contribution in [1.82, 2.24) is 14.7 Å². The summed E-state index contributed by atoms with van der Waals surface area (Å²) in [6.45, 7) is 1.71. The van der Waals surface area contributed by atoms with Crippen LogP contribution in [0.5, 0.6) is 0 Å². The van der Waals surface area contributed by atoms with Gasteiger partial charge >= 0.3 is 0 Å². The van der Waals surface area contributed by atoms with Crippen molar-refractivity contribution >= 4 is 10.0 Å². The summed E-state index contributed by atoms with van der Waals surface area (Å²) in [5.74, 6) is 0. The van der Waals surface area contributed by atoms with Crippen LogP contribution in [0.15, 0.2) is 11.4 Å². The maximum atomic E-state index is 11.0. The second-order valence-electron chi connectivity index (χ2n) is 2.05. The number of hydrogen-bond donors (Lipinski definition) is 2. The number of nitrogens with one attached hydrogen (secondary N) is 2. The maximum Gasteiger partial charge on any atom is 0.274 e. The topological polar surface area (TPSA) is 74.8 Å². The Kier molecular flexibility index (Phi) is 1.97. The second-order valence-corrected chi connectivity index (χ2v) is 3.86. The van der Waals surface area contributed by atoms with E-state index in [1.807, 2.05) is 0 Å². The van der Waals surface area contributed by atoms with Gasteiger partial charge in [0.15, 0.2) is 0 Å². The summed E-state index contributed by atoms with van der Waals surface area (Å²) in [7, 11) is -2.05. The van der Waals surface area contributed by atoms with Gasteiger partial charge in [0.1, 0.15) is 0 Å². The zero-order valence-corrected chi connectivity index (χ0v) is 7.07. The Balaban J connectivity index is 3.13. The van der Waals surface area contributed by atoms with E-state index < -0.39 is 10.0 Å². The molecule has 0 bridgehead atoms. The first kappa shape index (κ1) is 8.22. The number of nitrogens with zero attached hydrogens (tertiary/aromatic N) is 1. The van der Waals surface area contributed by atoms with Crippen molar-refractivity contribution in [3.8, 4) is 0 Å². The van der Waals surface area contributed by atoms with Crippen LogP contribution >= 0.6 is 0 Å². The minimum atomic E-state index is -3.39. The third kappa shape index (κ3) is 1.58. The number of hydrogen-bond acceptors (Lipinski definition) is 3. The van der Waals surface area contributed by atoms with Gasteiger partial charge in [-0.25, -0.2) is 18.1 Å². The van der Waals surface area contributed by atoms with E-state index in [0.717, 1.165) is 0 Å². The molecule has 0 saturated heterocycles. The third-order valence-electron chi connectivity index (χ3n) is 1.21. The van der Waals surface area contributed by atoms with Gasteiger partial charge in [0.25, 0.3) is 10.0 Å². The van der Waals surface area contributed by atoms with Crippen molar-refractivity contribution in [3.63, 3.8) is 0 Å². The fourth-order valence-electron chi connectivity index (χ4n) is 0.625. The van der Waals surface area contributed by atoms with E-state index in [2.05, 4.69) is 14.7 Å². The summed E-state index contributed by atoms with van der Waals surface area (Å²) in [6, 6.07) is 0. The Morgan fingerprint density at radius 1 is 1.64 bits per heavy atom. The molecule has 0 aliphatic heterocycles. The van der Waals surface area contributed by atoms with Gasteiger partial charge in [0.05, 0.1) is 5.69 Å². The molecule has 6 heteroatoms. The molecule has 0 spiro atoms. The average Bonchev–Trinajstić information content (AvgIpc) is 2.36. The summed E-state index contributed by atoms with van der Waals surface area (Å²) in [5.41, 5.74) is 0.652. The van der Waals surface area contributed by atoms with Crippen LogP contribution in [0.3, 0.4) is 0 Å². The number of H-pyrrole nitrogens is 1. The highest BCUT2D eigenvalue weighted by Gasteiger charge is 2.13. The number of imidazole rings is 1. The van der Waals surface area contributed by atoms with Crippen molar-refractivity contribution in [3.05, 3.63) is 11.9 Å². The highest BCUT2D eigenvalue weighted by Crippen LogP contribution is 2.01. The van der Waals surface area contributed by atoms with E-state index in [-0.39, 0.29) is 5.16 Å². The lowest BCUT2D eigenvalue weighted by Gasteiger charge is -1.94. The predicted molar refractivity (Wildman–Crippen MR) is 39.6 cm³/mol. The van der Waals surface area contributed by atoms with Gasteiger partial charge in [0, 0.05) is 6.20 Å². The summed E-state index contributed by atoms with van der Waals surface area (Å²) in [5, 5.41) is -0.0440. The Labute approximate surface area is 64.9 Å². The molecule has 0 saturated carbocycles. The fraction of sp³-hybridized carbons (Fsp3) is 0.400. The average molecular weight is 175 g/mol. The van der Waals surface area contributed by atoms with Gasteiger partial charge in [-0.15, -0.1) is 0 Å². The predicted octanol–water partition coefficient (Wildman–Crippen LogP) is -0.374. The number of aryl methyl sites for hydroxylation is 1. The molecular formula is C5H9N3O2S. The first-order valence-electron chi connectivity index (χ1n) is 3.02. The SMILES string of the molecule is CNS(=O)(=O)c1nc(C)c[nH]1. The second kappa shape index (κ2) is 2.63. The highest BCUT2D eigenvalue weighted by molar-refractivity contribution is 7.89. The van der Waals surface area contributed by atoms with E-state index >= 15 is 0 Å². The van der Waals surface area contributed by atoms with E-state index in [1.54, 1.807) is 6.92 Å². The van der Waals surface area contributed by atoms with Crippen molar-refractivity contribution in [1.29, 1.82) is 0 Å². The lowest BCUT2D eigenvalue weighted by molar-refractivity contribution is 0.580. The summed E-state index contributed by atoms with van der Waals surface area (Å²) in [6.07, 6.45) is 1.53. The zero-order valence-electron chi connectivity index (χ0n) is 6.25. The van der Waals surface area contributed by atoms with E-state index in [0.29, 0.717) is 5.69 Å². The van der Waals surface area contributed by atoms with Gasteiger partial charge < -0.3 is 4.98 Å². The maximum absolute atomic E-state index is 11.0.